The zero-order valence-corrected chi connectivity index (χ0v) is 9.96. The van der Waals surface area contributed by atoms with Crippen molar-refractivity contribution in [1.82, 2.24) is 4.98 Å². The van der Waals surface area contributed by atoms with Crippen molar-refractivity contribution >= 4 is 0 Å². The lowest BCUT2D eigenvalue weighted by atomic mass is 10.0. The number of hydrogen-bond donors (Lipinski definition) is 1. The lowest BCUT2D eigenvalue weighted by Crippen LogP contribution is -2.40. The molecule has 4 nitrogen and oxygen atoms in total. The Hall–Kier alpha value is -0.870. The third-order valence-corrected chi connectivity index (χ3v) is 2.54. The molecule has 0 spiro atoms. The molecule has 0 radical (unpaired) electrons. The predicted molar refractivity (Wildman–Crippen MR) is 58.5 cm³/mol. The minimum Gasteiger partial charge on any atom is -0.443 e. The van der Waals surface area contributed by atoms with Gasteiger partial charge in [0.15, 0.2) is 0 Å². The molecule has 1 aromatic heterocycles. The molecular formula is C11H20N2O2. The smallest absolute Gasteiger partial charge is 0.220 e. The second-order valence-electron chi connectivity index (χ2n) is 4.25. The van der Waals surface area contributed by atoms with Crippen LogP contribution >= 0.6 is 0 Å². The lowest BCUT2D eigenvalue weighted by molar-refractivity contribution is 0.0640. The maximum atomic E-state index is 5.94. The number of aryl methyl sites for hydroxylation is 2. The second kappa shape index (κ2) is 4.77. The zero-order chi connectivity index (χ0) is 11.5. The molecule has 0 saturated heterocycles. The van der Waals surface area contributed by atoms with E-state index in [1.165, 1.54) is 0 Å². The summed E-state index contributed by atoms with van der Waals surface area (Å²) < 4.78 is 10.8. The molecule has 15 heavy (non-hydrogen) atoms. The van der Waals surface area contributed by atoms with Gasteiger partial charge in [0.05, 0.1) is 12.3 Å². The number of aromatic nitrogens is 1. The average molecular weight is 212 g/mol. The van der Waals surface area contributed by atoms with E-state index in [0.29, 0.717) is 19.1 Å². The number of nitrogens with two attached hydrogens (primary N) is 1. The van der Waals surface area contributed by atoms with Crippen LogP contribution in [0, 0.1) is 13.8 Å². The fraction of sp³-hybridized carbons (Fsp3) is 0.727. The van der Waals surface area contributed by atoms with Gasteiger partial charge in [-0.2, -0.15) is 0 Å². The fourth-order valence-corrected chi connectivity index (χ4v) is 1.07. The van der Waals surface area contributed by atoms with E-state index in [2.05, 4.69) is 4.98 Å². The normalized spacial score (nSPS) is 15.3. The summed E-state index contributed by atoms with van der Waals surface area (Å²) in [6.07, 6.45) is 0.886. The summed E-state index contributed by atoms with van der Waals surface area (Å²) >= 11 is 0. The first-order valence-electron chi connectivity index (χ1n) is 5.24. The van der Waals surface area contributed by atoms with E-state index in [0.717, 1.165) is 17.9 Å². The van der Waals surface area contributed by atoms with E-state index in [4.69, 9.17) is 14.9 Å². The quantitative estimate of drug-likeness (QED) is 0.810. The van der Waals surface area contributed by atoms with Crippen molar-refractivity contribution in [2.45, 2.75) is 46.3 Å². The van der Waals surface area contributed by atoms with Crippen LogP contribution in [0.4, 0.5) is 0 Å². The SMILES string of the molecule is CCC(C)(N)COCc1nc(C)c(C)o1. The summed E-state index contributed by atoms with van der Waals surface area (Å²) in [6.45, 7) is 8.74. The van der Waals surface area contributed by atoms with Gasteiger partial charge in [-0.1, -0.05) is 6.92 Å². The molecule has 0 aliphatic heterocycles. The van der Waals surface area contributed by atoms with E-state index >= 15 is 0 Å². The molecule has 2 N–H and O–H groups in total. The molecule has 0 fully saturated rings. The summed E-state index contributed by atoms with van der Waals surface area (Å²) in [5, 5.41) is 0. The Kier molecular flexibility index (Phi) is 3.88. The molecule has 0 saturated carbocycles. The summed E-state index contributed by atoms with van der Waals surface area (Å²) in [7, 11) is 0. The molecule has 1 atom stereocenters. The maximum absolute atomic E-state index is 5.94. The first kappa shape index (κ1) is 12.2. The molecule has 1 aromatic rings. The average Bonchev–Trinajstić information content (AvgIpc) is 2.46. The molecule has 0 amide bonds. The molecule has 1 unspecified atom stereocenters. The minimum absolute atomic E-state index is 0.267. The third kappa shape index (κ3) is 3.64. The Bertz CT molecular complexity index is 299. The van der Waals surface area contributed by atoms with Crippen molar-refractivity contribution < 1.29 is 9.15 Å². The van der Waals surface area contributed by atoms with Crippen LogP contribution < -0.4 is 5.73 Å². The van der Waals surface area contributed by atoms with Gasteiger partial charge in [-0.15, -0.1) is 0 Å². The van der Waals surface area contributed by atoms with Crippen molar-refractivity contribution in [3.63, 3.8) is 0 Å². The standard InChI is InChI=1S/C11H20N2O2/c1-5-11(4,12)7-14-6-10-13-8(2)9(3)15-10/h5-7,12H2,1-4H3. The van der Waals surface area contributed by atoms with Crippen LogP contribution in [0.25, 0.3) is 0 Å². The van der Waals surface area contributed by atoms with E-state index < -0.39 is 0 Å². The third-order valence-electron chi connectivity index (χ3n) is 2.54. The summed E-state index contributed by atoms with van der Waals surface area (Å²) in [6, 6.07) is 0. The van der Waals surface area contributed by atoms with E-state index in [-0.39, 0.29) is 5.54 Å². The van der Waals surface area contributed by atoms with Crippen molar-refractivity contribution in [2.75, 3.05) is 6.61 Å². The summed E-state index contributed by atoms with van der Waals surface area (Å²) in [5.41, 5.74) is 6.59. The number of ether oxygens (including phenoxy) is 1. The Balaban J connectivity index is 2.38. The number of oxazole rings is 1. The Morgan fingerprint density at radius 2 is 2.13 bits per heavy atom. The lowest BCUT2D eigenvalue weighted by Gasteiger charge is -2.21. The molecule has 4 heteroatoms. The second-order valence-corrected chi connectivity index (χ2v) is 4.25. The van der Waals surface area contributed by atoms with E-state index in [1.54, 1.807) is 0 Å². The first-order chi connectivity index (χ1) is 6.94. The molecular weight excluding hydrogens is 192 g/mol. The van der Waals surface area contributed by atoms with Gasteiger partial charge in [0.2, 0.25) is 5.89 Å². The highest BCUT2D eigenvalue weighted by Crippen LogP contribution is 2.11. The van der Waals surface area contributed by atoms with E-state index in [9.17, 15) is 0 Å². The molecule has 0 aromatic carbocycles. The van der Waals surface area contributed by atoms with Gasteiger partial charge < -0.3 is 14.9 Å². The van der Waals surface area contributed by atoms with Crippen molar-refractivity contribution in [3.8, 4) is 0 Å². The van der Waals surface area contributed by atoms with Gasteiger partial charge in [0.25, 0.3) is 0 Å². The molecule has 1 rings (SSSR count). The monoisotopic (exact) mass is 212 g/mol. The molecule has 0 aliphatic carbocycles. The molecule has 0 bridgehead atoms. The number of hydrogen-bond acceptors (Lipinski definition) is 4. The van der Waals surface area contributed by atoms with Gasteiger partial charge >= 0.3 is 0 Å². The zero-order valence-electron chi connectivity index (χ0n) is 9.96. The highest BCUT2D eigenvalue weighted by atomic mass is 16.5. The highest BCUT2D eigenvalue weighted by Gasteiger charge is 2.16. The van der Waals surface area contributed by atoms with Gasteiger partial charge in [0, 0.05) is 5.54 Å². The number of nitrogens with zero attached hydrogens (tertiary/aromatic N) is 1. The molecule has 0 aliphatic rings. The van der Waals surface area contributed by atoms with Crippen molar-refractivity contribution in [2.24, 2.45) is 5.73 Å². The van der Waals surface area contributed by atoms with Crippen LogP contribution in [-0.4, -0.2) is 17.1 Å². The Morgan fingerprint density at radius 3 is 2.60 bits per heavy atom. The van der Waals surface area contributed by atoms with Crippen molar-refractivity contribution in [1.29, 1.82) is 0 Å². The topological polar surface area (TPSA) is 61.3 Å². The van der Waals surface area contributed by atoms with Gasteiger partial charge in [0.1, 0.15) is 12.4 Å². The first-order valence-corrected chi connectivity index (χ1v) is 5.24. The fourth-order valence-electron chi connectivity index (χ4n) is 1.07. The predicted octanol–water partition coefficient (Wildman–Crippen LogP) is 1.94. The van der Waals surface area contributed by atoms with Crippen molar-refractivity contribution in [3.05, 3.63) is 17.3 Å². The summed E-state index contributed by atoms with van der Waals surface area (Å²) in [4.78, 5) is 4.22. The van der Waals surface area contributed by atoms with Crippen LogP contribution in [0.3, 0.4) is 0 Å². The Labute approximate surface area is 90.8 Å². The van der Waals surface area contributed by atoms with E-state index in [1.807, 2.05) is 27.7 Å². The largest absolute Gasteiger partial charge is 0.443 e. The maximum Gasteiger partial charge on any atom is 0.220 e. The van der Waals surface area contributed by atoms with Crippen LogP contribution in [-0.2, 0) is 11.3 Å². The van der Waals surface area contributed by atoms with Gasteiger partial charge in [-0.05, 0) is 27.2 Å². The van der Waals surface area contributed by atoms with Gasteiger partial charge in [-0.25, -0.2) is 4.98 Å². The molecule has 1 heterocycles. The molecule has 86 valence electrons. The minimum atomic E-state index is -0.267. The van der Waals surface area contributed by atoms with Crippen LogP contribution in [0.5, 0.6) is 0 Å². The summed E-state index contributed by atoms with van der Waals surface area (Å²) in [5.74, 6) is 1.47. The van der Waals surface area contributed by atoms with Crippen LogP contribution in [0.2, 0.25) is 0 Å². The Morgan fingerprint density at radius 1 is 1.47 bits per heavy atom. The van der Waals surface area contributed by atoms with Crippen LogP contribution in [0.15, 0.2) is 4.42 Å². The van der Waals surface area contributed by atoms with Gasteiger partial charge in [-0.3, -0.25) is 0 Å². The highest BCUT2D eigenvalue weighted by molar-refractivity contribution is 5.04. The van der Waals surface area contributed by atoms with Crippen LogP contribution in [0.1, 0.15) is 37.6 Å². The number of rotatable bonds is 5.